The molecule has 1 aromatic heterocycles. The molecule has 108 valence electrons. The molecule has 0 bridgehead atoms. The van der Waals surface area contributed by atoms with Crippen LogP contribution in [0.25, 0.3) is 11.0 Å². The second-order valence-corrected chi connectivity index (χ2v) is 5.04. The van der Waals surface area contributed by atoms with Crippen molar-refractivity contribution in [2.45, 2.75) is 12.5 Å². The maximum Gasteiger partial charge on any atom is 0.137 e. The number of furan rings is 1. The smallest absolute Gasteiger partial charge is 0.137 e. The van der Waals surface area contributed by atoms with E-state index in [1.165, 1.54) is 0 Å². The molecule has 1 fully saturated rings. The molecule has 3 nitrogen and oxygen atoms in total. The molecule has 3 heteroatoms. The van der Waals surface area contributed by atoms with Crippen molar-refractivity contribution >= 4 is 11.0 Å². The van der Waals surface area contributed by atoms with Crippen molar-refractivity contribution in [1.29, 1.82) is 0 Å². The number of allylic oxidation sites excluding steroid dienone is 4. The molecular formula is C18H18O3. The molecule has 0 saturated carbocycles. The molecular weight excluding hydrogens is 264 g/mol. The zero-order valence-electron chi connectivity index (χ0n) is 11.9. The van der Waals surface area contributed by atoms with Crippen molar-refractivity contribution in [2.75, 3.05) is 13.2 Å². The second kappa shape index (κ2) is 6.02. The molecule has 2 heterocycles. The maximum atomic E-state index is 5.88. The Labute approximate surface area is 124 Å². The SMILES string of the molecule is C=C/C=C(\C=C)Cc1cc2ccc(OCC3CO3)cc2o1. The Bertz CT molecular complexity index is 690. The third-order valence-electron chi connectivity index (χ3n) is 3.35. The van der Waals surface area contributed by atoms with Gasteiger partial charge in [-0.2, -0.15) is 0 Å². The average molecular weight is 282 g/mol. The van der Waals surface area contributed by atoms with Crippen LogP contribution in [-0.4, -0.2) is 19.3 Å². The Balaban J connectivity index is 1.76. The van der Waals surface area contributed by atoms with Crippen LogP contribution in [0.1, 0.15) is 5.76 Å². The van der Waals surface area contributed by atoms with Gasteiger partial charge in [0.1, 0.15) is 29.8 Å². The van der Waals surface area contributed by atoms with Crippen molar-refractivity contribution in [2.24, 2.45) is 0 Å². The fraction of sp³-hybridized carbons (Fsp3) is 0.222. The van der Waals surface area contributed by atoms with E-state index in [4.69, 9.17) is 13.9 Å². The molecule has 1 atom stereocenters. The Morgan fingerprint density at radius 3 is 2.90 bits per heavy atom. The van der Waals surface area contributed by atoms with Crippen molar-refractivity contribution in [3.8, 4) is 5.75 Å². The Kier molecular flexibility index (Phi) is 3.93. The molecule has 0 amide bonds. The topological polar surface area (TPSA) is 34.9 Å². The molecule has 0 spiro atoms. The fourth-order valence-corrected chi connectivity index (χ4v) is 2.15. The largest absolute Gasteiger partial charge is 0.491 e. The fourth-order valence-electron chi connectivity index (χ4n) is 2.15. The van der Waals surface area contributed by atoms with Gasteiger partial charge in [-0.05, 0) is 23.8 Å². The van der Waals surface area contributed by atoms with Crippen LogP contribution in [0.4, 0.5) is 0 Å². The monoisotopic (exact) mass is 282 g/mol. The Morgan fingerprint density at radius 2 is 2.19 bits per heavy atom. The number of ether oxygens (including phenoxy) is 2. The normalized spacial score (nSPS) is 17.7. The van der Waals surface area contributed by atoms with Crippen molar-refractivity contribution in [1.82, 2.24) is 0 Å². The molecule has 0 radical (unpaired) electrons. The lowest BCUT2D eigenvalue weighted by Crippen LogP contribution is -2.03. The predicted molar refractivity (Wildman–Crippen MR) is 83.6 cm³/mol. The van der Waals surface area contributed by atoms with Gasteiger partial charge >= 0.3 is 0 Å². The van der Waals surface area contributed by atoms with Crippen molar-refractivity contribution < 1.29 is 13.9 Å². The lowest BCUT2D eigenvalue weighted by Gasteiger charge is -2.02. The standard InChI is InChI=1S/C18H18O3/c1-3-5-13(4-2)8-16-9-14-6-7-15(10-18(14)21-16)19-11-17-12-20-17/h3-7,9-10,17H,1-2,8,11-12H2/b13-5+. The summed E-state index contributed by atoms with van der Waals surface area (Å²) in [5, 5.41) is 1.07. The highest BCUT2D eigenvalue weighted by Crippen LogP contribution is 2.26. The summed E-state index contributed by atoms with van der Waals surface area (Å²) in [6, 6.07) is 7.93. The van der Waals surface area contributed by atoms with Gasteiger partial charge in [0.2, 0.25) is 0 Å². The summed E-state index contributed by atoms with van der Waals surface area (Å²) in [4.78, 5) is 0. The van der Waals surface area contributed by atoms with Gasteiger partial charge < -0.3 is 13.9 Å². The molecule has 1 aromatic carbocycles. The highest BCUT2D eigenvalue weighted by molar-refractivity contribution is 5.79. The van der Waals surface area contributed by atoms with Gasteiger partial charge in [-0.25, -0.2) is 0 Å². The van der Waals surface area contributed by atoms with Gasteiger partial charge in [0.05, 0.1) is 6.61 Å². The van der Waals surface area contributed by atoms with Crippen LogP contribution in [0.15, 0.2) is 65.6 Å². The minimum atomic E-state index is 0.257. The first-order valence-electron chi connectivity index (χ1n) is 6.99. The number of hydrogen-bond acceptors (Lipinski definition) is 3. The van der Waals surface area contributed by atoms with Crippen LogP contribution in [0.2, 0.25) is 0 Å². The summed E-state index contributed by atoms with van der Waals surface area (Å²) in [6.07, 6.45) is 6.47. The van der Waals surface area contributed by atoms with E-state index in [-0.39, 0.29) is 6.10 Å². The lowest BCUT2D eigenvalue weighted by molar-refractivity contribution is 0.263. The minimum Gasteiger partial charge on any atom is -0.491 e. The van der Waals surface area contributed by atoms with Gasteiger partial charge in [-0.3, -0.25) is 0 Å². The van der Waals surface area contributed by atoms with Crippen molar-refractivity contribution in [3.05, 3.63) is 67.0 Å². The summed E-state index contributed by atoms with van der Waals surface area (Å²) >= 11 is 0. The number of epoxide rings is 1. The predicted octanol–water partition coefficient (Wildman–Crippen LogP) is 4.05. The minimum absolute atomic E-state index is 0.257. The van der Waals surface area contributed by atoms with E-state index >= 15 is 0 Å². The van der Waals surface area contributed by atoms with Crippen LogP contribution in [0.3, 0.4) is 0 Å². The van der Waals surface area contributed by atoms with E-state index in [0.29, 0.717) is 13.0 Å². The van der Waals surface area contributed by atoms with Gasteiger partial charge in [-0.15, -0.1) is 0 Å². The molecule has 21 heavy (non-hydrogen) atoms. The van der Waals surface area contributed by atoms with Gasteiger partial charge in [0.15, 0.2) is 0 Å². The first-order chi connectivity index (χ1) is 10.3. The first-order valence-corrected chi connectivity index (χ1v) is 6.99. The molecule has 0 N–H and O–H groups in total. The first kappa shape index (κ1) is 13.7. The molecule has 0 aliphatic carbocycles. The van der Waals surface area contributed by atoms with Gasteiger partial charge in [0.25, 0.3) is 0 Å². The number of rotatable bonds is 7. The lowest BCUT2D eigenvalue weighted by atomic mass is 10.1. The third kappa shape index (κ3) is 3.44. The molecule has 1 saturated heterocycles. The van der Waals surface area contributed by atoms with Gasteiger partial charge in [-0.1, -0.05) is 31.4 Å². The summed E-state index contributed by atoms with van der Waals surface area (Å²) in [7, 11) is 0. The van der Waals surface area contributed by atoms with E-state index in [1.54, 1.807) is 6.08 Å². The number of benzene rings is 1. The van der Waals surface area contributed by atoms with E-state index in [2.05, 4.69) is 13.2 Å². The van der Waals surface area contributed by atoms with Crippen molar-refractivity contribution in [3.63, 3.8) is 0 Å². The number of fused-ring (bicyclic) bond motifs is 1. The number of hydrogen-bond donors (Lipinski definition) is 0. The zero-order valence-corrected chi connectivity index (χ0v) is 11.9. The quantitative estimate of drug-likeness (QED) is 0.567. The molecule has 1 aliphatic heterocycles. The van der Waals surface area contributed by atoms with E-state index in [1.807, 2.05) is 36.4 Å². The summed E-state index contributed by atoms with van der Waals surface area (Å²) in [5.41, 5.74) is 1.91. The second-order valence-electron chi connectivity index (χ2n) is 5.04. The molecule has 1 unspecified atom stereocenters. The van der Waals surface area contributed by atoms with Crippen LogP contribution < -0.4 is 4.74 Å². The van der Waals surface area contributed by atoms with E-state index in [9.17, 15) is 0 Å². The molecule has 2 aromatic rings. The van der Waals surface area contributed by atoms with Crippen LogP contribution in [0, 0.1) is 0 Å². The van der Waals surface area contributed by atoms with E-state index < -0.39 is 0 Å². The molecule has 1 aliphatic rings. The summed E-state index contributed by atoms with van der Waals surface area (Å²) < 4.78 is 16.7. The van der Waals surface area contributed by atoms with Crippen LogP contribution >= 0.6 is 0 Å². The molecule has 3 rings (SSSR count). The van der Waals surface area contributed by atoms with Gasteiger partial charge in [0, 0.05) is 17.9 Å². The highest BCUT2D eigenvalue weighted by Gasteiger charge is 2.23. The third-order valence-corrected chi connectivity index (χ3v) is 3.35. The highest BCUT2D eigenvalue weighted by atomic mass is 16.6. The maximum absolute atomic E-state index is 5.88. The van der Waals surface area contributed by atoms with Crippen LogP contribution in [0.5, 0.6) is 5.75 Å². The Morgan fingerprint density at radius 1 is 1.33 bits per heavy atom. The van der Waals surface area contributed by atoms with Crippen LogP contribution in [-0.2, 0) is 11.2 Å². The van der Waals surface area contributed by atoms with E-state index in [0.717, 1.165) is 34.7 Å². The Hall–Kier alpha value is -2.26. The summed E-state index contributed by atoms with van der Waals surface area (Å²) in [5.74, 6) is 1.71. The summed E-state index contributed by atoms with van der Waals surface area (Å²) in [6.45, 7) is 8.90. The zero-order chi connectivity index (χ0) is 14.7. The average Bonchev–Trinajstić information content (AvgIpc) is 3.23.